The summed E-state index contributed by atoms with van der Waals surface area (Å²) in [7, 11) is 0. The zero-order valence-corrected chi connectivity index (χ0v) is 12.0. The molecule has 0 atom stereocenters. The lowest BCUT2D eigenvalue weighted by Crippen LogP contribution is -2.31. The van der Waals surface area contributed by atoms with E-state index < -0.39 is 0 Å². The van der Waals surface area contributed by atoms with E-state index >= 15 is 0 Å². The van der Waals surface area contributed by atoms with Crippen LogP contribution in [0, 0.1) is 12.7 Å². The van der Waals surface area contributed by atoms with E-state index in [0.717, 1.165) is 11.3 Å². The number of rotatable bonds is 6. The van der Waals surface area contributed by atoms with Crippen molar-refractivity contribution in [2.24, 2.45) is 0 Å². The fourth-order valence-corrected chi connectivity index (χ4v) is 2.04. The van der Waals surface area contributed by atoms with Crippen LogP contribution in [0.5, 0.6) is 0 Å². The van der Waals surface area contributed by atoms with E-state index in [9.17, 15) is 9.18 Å². The molecule has 0 heterocycles. The number of hydrogen-bond donors (Lipinski definition) is 2. The van der Waals surface area contributed by atoms with Gasteiger partial charge >= 0.3 is 0 Å². The fraction of sp³-hybridized carbons (Fsp3) is 0.235. The van der Waals surface area contributed by atoms with Crippen LogP contribution in [-0.4, -0.2) is 19.0 Å². The smallest absolute Gasteiger partial charge is 0.239 e. The molecular formula is C17H19FN2O. The predicted molar refractivity (Wildman–Crippen MR) is 82.8 cm³/mol. The van der Waals surface area contributed by atoms with Crippen LogP contribution in [0.15, 0.2) is 48.5 Å². The van der Waals surface area contributed by atoms with E-state index in [1.165, 1.54) is 6.07 Å². The predicted octanol–water partition coefficient (Wildman–Crippen LogP) is 2.90. The van der Waals surface area contributed by atoms with Gasteiger partial charge in [0.05, 0.1) is 6.54 Å². The van der Waals surface area contributed by atoms with E-state index in [1.54, 1.807) is 18.2 Å². The summed E-state index contributed by atoms with van der Waals surface area (Å²) in [5, 5.41) is 5.83. The fourth-order valence-electron chi connectivity index (χ4n) is 2.04. The Hall–Kier alpha value is -2.36. The molecule has 0 aromatic heterocycles. The largest absolute Gasteiger partial charge is 0.376 e. The van der Waals surface area contributed by atoms with E-state index in [-0.39, 0.29) is 18.3 Å². The molecule has 0 bridgehead atoms. The van der Waals surface area contributed by atoms with Gasteiger partial charge in [-0.05, 0) is 42.7 Å². The maximum absolute atomic E-state index is 13.4. The number of anilines is 1. The molecule has 3 nitrogen and oxygen atoms in total. The second kappa shape index (κ2) is 7.43. The van der Waals surface area contributed by atoms with E-state index in [1.807, 2.05) is 31.2 Å². The summed E-state index contributed by atoms with van der Waals surface area (Å²) in [6, 6.07) is 14.4. The quantitative estimate of drug-likeness (QED) is 0.857. The molecule has 0 spiro atoms. The Morgan fingerprint density at radius 3 is 2.71 bits per heavy atom. The summed E-state index contributed by atoms with van der Waals surface area (Å²) in [6.07, 6.45) is 0.489. The highest BCUT2D eigenvalue weighted by Gasteiger charge is 2.03. The van der Waals surface area contributed by atoms with Crippen LogP contribution < -0.4 is 10.6 Å². The summed E-state index contributed by atoms with van der Waals surface area (Å²) in [6.45, 7) is 2.63. The molecule has 4 heteroatoms. The first kappa shape index (κ1) is 15.0. The third-order valence-corrected chi connectivity index (χ3v) is 3.15. The molecule has 1 amide bonds. The normalized spacial score (nSPS) is 10.2. The molecule has 0 radical (unpaired) electrons. The van der Waals surface area contributed by atoms with Gasteiger partial charge in [0.15, 0.2) is 0 Å². The van der Waals surface area contributed by atoms with Gasteiger partial charge in [0.25, 0.3) is 0 Å². The Kier molecular flexibility index (Phi) is 5.32. The maximum Gasteiger partial charge on any atom is 0.239 e. The van der Waals surface area contributed by atoms with Crippen molar-refractivity contribution in [1.29, 1.82) is 0 Å². The van der Waals surface area contributed by atoms with Gasteiger partial charge in [-0.2, -0.15) is 0 Å². The topological polar surface area (TPSA) is 41.1 Å². The van der Waals surface area contributed by atoms with Crippen molar-refractivity contribution in [3.05, 3.63) is 65.5 Å². The average molecular weight is 286 g/mol. The second-order valence-corrected chi connectivity index (χ2v) is 4.91. The van der Waals surface area contributed by atoms with Gasteiger partial charge in [-0.25, -0.2) is 4.39 Å². The van der Waals surface area contributed by atoms with E-state index in [0.29, 0.717) is 18.5 Å². The van der Waals surface area contributed by atoms with Crippen LogP contribution in [-0.2, 0) is 11.2 Å². The minimum Gasteiger partial charge on any atom is -0.376 e. The first-order valence-corrected chi connectivity index (χ1v) is 6.96. The van der Waals surface area contributed by atoms with Gasteiger partial charge in [-0.1, -0.05) is 30.3 Å². The van der Waals surface area contributed by atoms with Crippen molar-refractivity contribution in [3.8, 4) is 0 Å². The van der Waals surface area contributed by atoms with Crippen molar-refractivity contribution >= 4 is 11.6 Å². The number of aryl methyl sites for hydroxylation is 1. The maximum atomic E-state index is 13.4. The minimum atomic E-state index is -0.232. The number of amides is 1. The minimum absolute atomic E-state index is 0.104. The summed E-state index contributed by atoms with van der Waals surface area (Å²) in [5.74, 6) is -0.336. The molecule has 0 saturated heterocycles. The number of benzene rings is 2. The number of carbonyl (C=O) groups excluding carboxylic acids is 1. The first-order chi connectivity index (χ1) is 10.1. The number of carbonyl (C=O) groups is 1. The summed E-state index contributed by atoms with van der Waals surface area (Å²) in [5.41, 5.74) is 2.67. The van der Waals surface area contributed by atoms with Crippen LogP contribution in [0.3, 0.4) is 0 Å². The van der Waals surface area contributed by atoms with Crippen molar-refractivity contribution in [2.75, 3.05) is 18.4 Å². The zero-order valence-electron chi connectivity index (χ0n) is 12.0. The van der Waals surface area contributed by atoms with Crippen molar-refractivity contribution in [3.63, 3.8) is 0 Å². The molecule has 0 aliphatic carbocycles. The molecule has 2 aromatic carbocycles. The first-order valence-electron chi connectivity index (χ1n) is 6.96. The Bertz CT molecular complexity index is 613. The molecule has 110 valence electrons. The molecule has 21 heavy (non-hydrogen) atoms. The van der Waals surface area contributed by atoms with Gasteiger partial charge in [0.1, 0.15) is 5.82 Å². The molecule has 0 unspecified atom stereocenters. The SMILES string of the molecule is Cc1cccc(NCC(=O)NCCc2ccccc2F)c1. The van der Waals surface area contributed by atoms with Crippen LogP contribution in [0.25, 0.3) is 0 Å². The Balaban J connectivity index is 1.72. The lowest BCUT2D eigenvalue weighted by molar-refractivity contribution is -0.119. The van der Waals surface area contributed by atoms with Gasteiger partial charge in [0, 0.05) is 12.2 Å². The van der Waals surface area contributed by atoms with Gasteiger partial charge < -0.3 is 10.6 Å². The van der Waals surface area contributed by atoms with Gasteiger partial charge in [0.2, 0.25) is 5.91 Å². The molecule has 2 N–H and O–H groups in total. The molecule has 0 fully saturated rings. The highest BCUT2D eigenvalue weighted by Crippen LogP contribution is 2.09. The van der Waals surface area contributed by atoms with Gasteiger partial charge in [-0.15, -0.1) is 0 Å². The van der Waals surface area contributed by atoms with Crippen LogP contribution in [0.4, 0.5) is 10.1 Å². The lowest BCUT2D eigenvalue weighted by Gasteiger charge is -2.08. The molecule has 0 aliphatic heterocycles. The highest BCUT2D eigenvalue weighted by atomic mass is 19.1. The average Bonchev–Trinajstić information content (AvgIpc) is 2.47. The summed E-state index contributed by atoms with van der Waals surface area (Å²) in [4.78, 5) is 11.7. The Morgan fingerprint density at radius 2 is 1.95 bits per heavy atom. The van der Waals surface area contributed by atoms with Crippen LogP contribution in [0.2, 0.25) is 0 Å². The molecule has 0 saturated carbocycles. The van der Waals surface area contributed by atoms with E-state index in [4.69, 9.17) is 0 Å². The standard InChI is InChI=1S/C17H19FN2O/c1-13-5-4-7-15(11-13)20-12-17(21)19-10-9-14-6-2-3-8-16(14)18/h2-8,11,20H,9-10,12H2,1H3,(H,19,21). The molecule has 2 aromatic rings. The van der Waals surface area contributed by atoms with Crippen molar-refractivity contribution in [1.82, 2.24) is 5.32 Å². The number of hydrogen-bond acceptors (Lipinski definition) is 2. The number of nitrogens with one attached hydrogen (secondary N) is 2. The van der Waals surface area contributed by atoms with Crippen LogP contribution in [0.1, 0.15) is 11.1 Å². The summed E-state index contributed by atoms with van der Waals surface area (Å²) >= 11 is 0. The number of halogens is 1. The van der Waals surface area contributed by atoms with Gasteiger partial charge in [-0.3, -0.25) is 4.79 Å². The third-order valence-electron chi connectivity index (χ3n) is 3.15. The molecule has 0 aliphatic rings. The lowest BCUT2D eigenvalue weighted by atomic mass is 10.1. The Morgan fingerprint density at radius 1 is 1.14 bits per heavy atom. The van der Waals surface area contributed by atoms with E-state index in [2.05, 4.69) is 10.6 Å². The van der Waals surface area contributed by atoms with Crippen LogP contribution >= 0.6 is 0 Å². The highest BCUT2D eigenvalue weighted by molar-refractivity contribution is 5.80. The zero-order chi connectivity index (χ0) is 15.1. The molecular weight excluding hydrogens is 267 g/mol. The third kappa shape index (κ3) is 4.91. The monoisotopic (exact) mass is 286 g/mol. The summed E-state index contributed by atoms with van der Waals surface area (Å²) < 4.78 is 13.4. The second-order valence-electron chi connectivity index (χ2n) is 4.91. The van der Waals surface area contributed by atoms with Crippen molar-refractivity contribution < 1.29 is 9.18 Å². The van der Waals surface area contributed by atoms with Crippen molar-refractivity contribution in [2.45, 2.75) is 13.3 Å². The Labute approximate surface area is 124 Å². The molecule has 2 rings (SSSR count).